The monoisotopic (exact) mass is 540 g/mol. The van der Waals surface area contributed by atoms with Gasteiger partial charge in [0, 0.05) is 40.4 Å². The van der Waals surface area contributed by atoms with E-state index in [0.29, 0.717) is 11.4 Å². The quantitative estimate of drug-likeness (QED) is 0.280. The van der Waals surface area contributed by atoms with E-state index in [9.17, 15) is 13.9 Å². The molecule has 7 heteroatoms. The Morgan fingerprint density at radius 2 is 1.69 bits per heavy atom. The minimum Gasteiger partial charge on any atom is -0.481 e. The van der Waals surface area contributed by atoms with Gasteiger partial charge in [-0.25, -0.2) is 13.8 Å². The fourth-order valence-corrected chi connectivity index (χ4v) is 4.88. The molecule has 0 aliphatic heterocycles. The van der Waals surface area contributed by atoms with E-state index < -0.39 is 17.2 Å². The lowest BCUT2D eigenvalue weighted by Crippen LogP contribution is -2.35. The normalized spacial score (nSPS) is 14.2. The molecule has 0 bridgehead atoms. The van der Waals surface area contributed by atoms with Gasteiger partial charge in [-0.1, -0.05) is 46.3 Å². The van der Waals surface area contributed by atoms with Crippen molar-refractivity contribution in [1.82, 2.24) is 9.88 Å². The average molecular weight is 541 g/mol. The molecule has 0 amide bonds. The van der Waals surface area contributed by atoms with E-state index in [4.69, 9.17) is 4.74 Å². The molecule has 4 rings (SSSR count). The third-order valence-electron chi connectivity index (χ3n) is 6.23. The zero-order valence-corrected chi connectivity index (χ0v) is 21.4. The summed E-state index contributed by atoms with van der Waals surface area (Å²) in [6, 6.07) is 20.3. The van der Waals surface area contributed by atoms with Crippen molar-refractivity contribution in [3.05, 3.63) is 106 Å². The third-order valence-corrected chi connectivity index (χ3v) is 6.72. The molecule has 0 fully saturated rings. The van der Waals surface area contributed by atoms with Crippen LogP contribution in [0.3, 0.4) is 0 Å². The fraction of sp³-hybridized carbons (Fsp3) is 0.250. The number of methoxy groups -OCH3 is 1. The van der Waals surface area contributed by atoms with Gasteiger partial charge < -0.3 is 14.7 Å². The summed E-state index contributed by atoms with van der Waals surface area (Å²) < 4.78 is 35.1. The minimum absolute atomic E-state index is 0.0473. The van der Waals surface area contributed by atoms with E-state index in [1.807, 2.05) is 73.6 Å². The first-order valence-electron chi connectivity index (χ1n) is 11.2. The molecule has 1 aromatic heterocycles. The smallest absolute Gasteiger partial charge is 0.216 e. The molecule has 0 radical (unpaired) electrons. The minimum atomic E-state index is -1.62. The second-order valence-electron chi connectivity index (χ2n) is 8.95. The zero-order chi connectivity index (χ0) is 25.2. The zero-order valence-electron chi connectivity index (χ0n) is 19.8. The first kappa shape index (κ1) is 25.2. The first-order chi connectivity index (χ1) is 16.7. The number of aliphatic hydroxyl groups is 1. The Kier molecular flexibility index (Phi) is 7.50. The van der Waals surface area contributed by atoms with Gasteiger partial charge in [0.25, 0.3) is 0 Å². The Labute approximate surface area is 212 Å². The van der Waals surface area contributed by atoms with Gasteiger partial charge in [-0.2, -0.15) is 0 Å². The molecule has 3 aromatic carbocycles. The van der Waals surface area contributed by atoms with Crippen LogP contribution < -0.4 is 4.74 Å². The van der Waals surface area contributed by atoms with Crippen molar-refractivity contribution in [2.75, 3.05) is 21.2 Å². The molecule has 4 nitrogen and oxygen atoms in total. The van der Waals surface area contributed by atoms with Gasteiger partial charge in [0.1, 0.15) is 11.6 Å². The molecular formula is C28H27BrF2N2O2. The number of hydrogen-bond acceptors (Lipinski definition) is 4. The summed E-state index contributed by atoms with van der Waals surface area (Å²) in [4.78, 5) is 6.60. The maximum absolute atomic E-state index is 14.3. The highest BCUT2D eigenvalue weighted by molar-refractivity contribution is 9.10. The van der Waals surface area contributed by atoms with Crippen LogP contribution in [0.25, 0.3) is 10.9 Å². The number of nitrogens with zero attached hydrogens (tertiary/aromatic N) is 2. The van der Waals surface area contributed by atoms with E-state index in [1.165, 1.54) is 19.2 Å². The summed E-state index contributed by atoms with van der Waals surface area (Å²) in [5.74, 6) is -1.13. The maximum atomic E-state index is 14.3. The van der Waals surface area contributed by atoms with Gasteiger partial charge in [0.15, 0.2) is 0 Å². The number of aromatic nitrogens is 1. The molecule has 2 unspecified atom stereocenters. The Morgan fingerprint density at radius 3 is 2.31 bits per heavy atom. The lowest BCUT2D eigenvalue weighted by atomic mass is 9.80. The SMILES string of the molecule is COc1nc2ccc(Br)cc2cc1CC(O)(CC(c1ccccc1)N(C)C)c1cc(F)cc(F)c1. The molecule has 0 saturated carbocycles. The molecule has 0 aliphatic carbocycles. The Balaban J connectivity index is 1.85. The van der Waals surface area contributed by atoms with Crippen molar-refractivity contribution in [1.29, 1.82) is 0 Å². The molecule has 1 N–H and O–H groups in total. The predicted octanol–water partition coefficient (Wildman–Crippen LogP) is 6.41. The predicted molar refractivity (Wildman–Crippen MR) is 137 cm³/mol. The summed E-state index contributed by atoms with van der Waals surface area (Å²) in [6.07, 6.45) is 0.234. The number of benzene rings is 3. The van der Waals surface area contributed by atoms with Crippen molar-refractivity contribution < 1.29 is 18.6 Å². The molecule has 0 spiro atoms. The molecule has 2 atom stereocenters. The summed E-state index contributed by atoms with van der Waals surface area (Å²) in [7, 11) is 5.35. The van der Waals surface area contributed by atoms with Crippen LogP contribution in [-0.2, 0) is 12.0 Å². The molecule has 182 valence electrons. The van der Waals surface area contributed by atoms with Gasteiger partial charge in [0.05, 0.1) is 18.2 Å². The number of pyridine rings is 1. The fourth-order valence-electron chi connectivity index (χ4n) is 4.50. The summed E-state index contributed by atoms with van der Waals surface area (Å²) >= 11 is 3.48. The van der Waals surface area contributed by atoms with Crippen LogP contribution in [-0.4, -0.2) is 36.2 Å². The van der Waals surface area contributed by atoms with Crippen LogP contribution >= 0.6 is 15.9 Å². The number of halogens is 3. The van der Waals surface area contributed by atoms with Gasteiger partial charge >= 0.3 is 0 Å². The Morgan fingerprint density at radius 1 is 1.00 bits per heavy atom. The summed E-state index contributed by atoms with van der Waals surface area (Å²) in [6.45, 7) is 0. The number of ether oxygens (including phenoxy) is 1. The van der Waals surface area contributed by atoms with E-state index >= 15 is 0 Å². The highest BCUT2D eigenvalue weighted by Crippen LogP contribution is 2.40. The van der Waals surface area contributed by atoms with Crippen LogP contribution in [0.15, 0.2) is 77.3 Å². The van der Waals surface area contributed by atoms with Crippen LogP contribution in [0.1, 0.15) is 29.2 Å². The van der Waals surface area contributed by atoms with Crippen LogP contribution in [0.2, 0.25) is 0 Å². The second kappa shape index (κ2) is 10.4. The second-order valence-corrected chi connectivity index (χ2v) is 9.87. The van der Waals surface area contributed by atoms with Gasteiger partial charge in [-0.05, 0) is 61.6 Å². The number of hydrogen-bond donors (Lipinski definition) is 1. The standard InChI is InChI=1S/C28H27BrF2N2O2/c1-33(2)26(18-7-5-4-6-8-18)17-28(34,21-13-23(30)15-24(31)14-21)16-20-11-19-12-22(29)9-10-25(19)32-27(20)35-3/h4-15,26,34H,16-17H2,1-3H3. The van der Waals surface area contributed by atoms with Gasteiger partial charge in [-0.15, -0.1) is 0 Å². The van der Waals surface area contributed by atoms with Crippen LogP contribution in [0, 0.1) is 11.6 Å². The van der Waals surface area contributed by atoms with Gasteiger partial charge in [-0.3, -0.25) is 0 Å². The van der Waals surface area contributed by atoms with Crippen LogP contribution in [0.4, 0.5) is 8.78 Å². The summed E-state index contributed by atoms with van der Waals surface area (Å²) in [5, 5.41) is 13.0. The average Bonchev–Trinajstić information content (AvgIpc) is 2.82. The van der Waals surface area contributed by atoms with E-state index in [2.05, 4.69) is 20.9 Å². The van der Waals surface area contributed by atoms with E-state index in [1.54, 1.807) is 0 Å². The first-order valence-corrected chi connectivity index (χ1v) is 12.0. The summed E-state index contributed by atoms with van der Waals surface area (Å²) in [5.41, 5.74) is 0.900. The molecule has 1 heterocycles. The van der Waals surface area contributed by atoms with Crippen molar-refractivity contribution in [3.8, 4) is 5.88 Å². The lowest BCUT2D eigenvalue weighted by molar-refractivity contribution is 0.00287. The van der Waals surface area contributed by atoms with Gasteiger partial charge in [0.2, 0.25) is 5.88 Å². The third kappa shape index (κ3) is 5.69. The molecule has 0 saturated heterocycles. The van der Waals surface area contributed by atoms with Crippen molar-refractivity contribution in [2.45, 2.75) is 24.5 Å². The molecular weight excluding hydrogens is 514 g/mol. The number of fused-ring (bicyclic) bond motifs is 1. The Hall–Kier alpha value is -2.87. The van der Waals surface area contributed by atoms with E-state index in [0.717, 1.165) is 27.0 Å². The molecule has 35 heavy (non-hydrogen) atoms. The highest BCUT2D eigenvalue weighted by atomic mass is 79.9. The van der Waals surface area contributed by atoms with E-state index in [-0.39, 0.29) is 24.4 Å². The Bertz CT molecular complexity index is 1310. The molecule has 4 aromatic rings. The lowest BCUT2D eigenvalue weighted by Gasteiger charge is -2.36. The van der Waals surface area contributed by atoms with Crippen molar-refractivity contribution in [2.24, 2.45) is 0 Å². The highest BCUT2D eigenvalue weighted by Gasteiger charge is 2.36. The largest absolute Gasteiger partial charge is 0.481 e. The molecule has 0 aliphatic rings. The topological polar surface area (TPSA) is 45.6 Å². The van der Waals surface area contributed by atoms with Crippen molar-refractivity contribution in [3.63, 3.8) is 0 Å². The number of rotatable bonds is 8. The van der Waals surface area contributed by atoms with Crippen molar-refractivity contribution >= 4 is 26.8 Å². The van der Waals surface area contributed by atoms with Crippen LogP contribution in [0.5, 0.6) is 5.88 Å². The maximum Gasteiger partial charge on any atom is 0.216 e.